The fourth-order valence-corrected chi connectivity index (χ4v) is 4.72. The van der Waals surface area contributed by atoms with Crippen molar-refractivity contribution in [2.24, 2.45) is 5.16 Å². The second-order valence-electron chi connectivity index (χ2n) is 7.93. The van der Waals surface area contributed by atoms with E-state index in [0.717, 1.165) is 22.4 Å². The maximum atomic E-state index is 13.0. The van der Waals surface area contributed by atoms with Crippen LogP contribution in [0.5, 0.6) is 0 Å². The van der Waals surface area contributed by atoms with Crippen LogP contribution >= 0.6 is 0 Å². The second kappa shape index (κ2) is 5.35. The Kier molecular flexibility index (Phi) is 4.12. The van der Waals surface area contributed by atoms with E-state index in [0.29, 0.717) is 5.71 Å². The number of amides is 1. The third-order valence-electron chi connectivity index (χ3n) is 3.41. The lowest BCUT2D eigenvalue weighted by Crippen LogP contribution is -2.49. The average molecular weight is 335 g/mol. The summed E-state index contributed by atoms with van der Waals surface area (Å²) in [5, 5.41) is 4.27. The first-order valence-corrected chi connectivity index (χ1v) is 14.5. The smallest absolute Gasteiger partial charge is 0.278 e. The van der Waals surface area contributed by atoms with E-state index >= 15 is 0 Å². The van der Waals surface area contributed by atoms with Crippen LogP contribution in [0.2, 0.25) is 39.3 Å². The molecule has 0 bridgehead atoms. The summed E-state index contributed by atoms with van der Waals surface area (Å²) in [5.41, 5.74) is 4.67. The van der Waals surface area contributed by atoms with Gasteiger partial charge >= 0.3 is 0 Å². The lowest BCUT2D eigenvalue weighted by Gasteiger charge is -2.31. The topological polar surface area (TPSA) is 41.9 Å². The minimum absolute atomic E-state index is 0.0129. The predicted octanol–water partition coefficient (Wildman–Crippen LogP) is 4.04. The maximum absolute atomic E-state index is 13.0. The number of hydrogen-bond acceptors (Lipinski definition) is 3. The Morgan fingerprint density at radius 3 is 2.14 bits per heavy atom. The van der Waals surface area contributed by atoms with E-state index in [1.54, 1.807) is 0 Å². The molecule has 120 valence electrons. The van der Waals surface area contributed by atoms with E-state index in [4.69, 9.17) is 4.53 Å². The molecular weight excluding hydrogens is 308 g/mol. The molecule has 0 radical (unpaired) electrons. The molecule has 6 heteroatoms. The zero-order valence-corrected chi connectivity index (χ0v) is 16.9. The summed E-state index contributed by atoms with van der Waals surface area (Å²) >= 11 is 0. The number of oxime groups is 1. The van der Waals surface area contributed by atoms with E-state index in [1.807, 2.05) is 17.6 Å². The molecule has 0 saturated heterocycles. The van der Waals surface area contributed by atoms with Gasteiger partial charge in [0.05, 0.1) is 0 Å². The molecule has 0 atom stereocenters. The second-order valence-corrected chi connectivity index (χ2v) is 17.1. The summed E-state index contributed by atoms with van der Waals surface area (Å²) < 4.78 is 7.65. The van der Waals surface area contributed by atoms with Crippen molar-refractivity contribution in [3.05, 3.63) is 28.8 Å². The van der Waals surface area contributed by atoms with Crippen molar-refractivity contribution in [1.29, 1.82) is 0 Å². The molecule has 0 aromatic heterocycles. The van der Waals surface area contributed by atoms with Crippen LogP contribution in [-0.4, -0.2) is 28.2 Å². The van der Waals surface area contributed by atoms with Crippen LogP contribution in [0, 0.1) is 13.8 Å². The van der Waals surface area contributed by atoms with Gasteiger partial charge in [-0.15, -0.1) is 0 Å². The largest absolute Gasteiger partial charge is 0.455 e. The third-order valence-corrected chi connectivity index (χ3v) is 5.82. The van der Waals surface area contributed by atoms with Crippen molar-refractivity contribution in [1.82, 2.24) is 0 Å². The van der Waals surface area contributed by atoms with E-state index in [9.17, 15) is 4.79 Å². The molecule has 2 rings (SSSR count). The van der Waals surface area contributed by atoms with Crippen LogP contribution < -0.4 is 4.57 Å². The van der Waals surface area contributed by atoms with Gasteiger partial charge in [-0.1, -0.05) is 36.4 Å². The summed E-state index contributed by atoms with van der Waals surface area (Å²) in [6.07, 6.45) is 0. The van der Waals surface area contributed by atoms with Crippen LogP contribution in [0.3, 0.4) is 0 Å². The van der Waals surface area contributed by atoms with Crippen molar-refractivity contribution in [3.8, 4) is 0 Å². The van der Waals surface area contributed by atoms with Gasteiger partial charge in [-0.2, -0.15) is 0 Å². The zero-order valence-electron chi connectivity index (χ0n) is 14.9. The minimum atomic E-state index is -1.85. The summed E-state index contributed by atoms with van der Waals surface area (Å²) in [5.74, 6) is -0.0129. The summed E-state index contributed by atoms with van der Waals surface area (Å²) in [6.45, 7) is 16.8. The fraction of sp³-hybridized carbons (Fsp3) is 0.500. The van der Waals surface area contributed by atoms with Crippen LogP contribution in [-0.2, 0) is 9.32 Å². The highest BCUT2D eigenvalue weighted by Crippen LogP contribution is 2.37. The summed E-state index contributed by atoms with van der Waals surface area (Å²) in [4.78, 5) is 13.0. The molecule has 1 amide bonds. The lowest BCUT2D eigenvalue weighted by atomic mass is 10.0. The van der Waals surface area contributed by atoms with Gasteiger partial charge in [0.15, 0.2) is 13.9 Å². The van der Waals surface area contributed by atoms with Crippen molar-refractivity contribution in [3.63, 3.8) is 0 Å². The first kappa shape index (κ1) is 17.0. The molecule has 4 nitrogen and oxygen atoms in total. The highest BCUT2D eigenvalue weighted by atomic mass is 28.4. The molecule has 0 spiro atoms. The zero-order chi connectivity index (χ0) is 16.9. The monoisotopic (exact) mass is 334 g/mol. The SMILES string of the molecule is Cc1cc(C)c2c(c1)/C(=N/O[Si](C)(C)C)C(=O)N2[Si](C)(C)C. The molecule has 1 aliphatic heterocycles. The van der Waals surface area contributed by atoms with Gasteiger partial charge in [-0.25, -0.2) is 0 Å². The Labute approximate surface area is 135 Å². The van der Waals surface area contributed by atoms with E-state index in [1.165, 1.54) is 0 Å². The van der Waals surface area contributed by atoms with Gasteiger partial charge in [0.25, 0.3) is 14.2 Å². The van der Waals surface area contributed by atoms with Crippen LogP contribution in [0.4, 0.5) is 5.69 Å². The van der Waals surface area contributed by atoms with E-state index in [2.05, 4.69) is 57.4 Å². The van der Waals surface area contributed by atoms with Gasteiger partial charge in [0.1, 0.15) is 0 Å². The molecular formula is C16H26N2O2Si2. The van der Waals surface area contributed by atoms with Gasteiger partial charge in [0.2, 0.25) is 0 Å². The van der Waals surface area contributed by atoms with Crippen molar-refractivity contribution >= 4 is 33.9 Å². The standard InChI is InChI=1S/C16H26N2O2Si2/c1-11-9-12(2)15-13(10-11)14(17-20-22(6,7)8)16(19)18(15)21(3,4)5/h9-10H,1-8H3/b17-14-. The Hall–Kier alpha value is -1.41. The summed E-state index contributed by atoms with van der Waals surface area (Å²) in [6, 6.07) is 4.17. The number of fused-ring (bicyclic) bond motifs is 1. The van der Waals surface area contributed by atoms with Crippen LogP contribution in [0.1, 0.15) is 16.7 Å². The first-order chi connectivity index (χ1) is 9.92. The predicted molar refractivity (Wildman–Crippen MR) is 97.7 cm³/mol. The van der Waals surface area contributed by atoms with Gasteiger partial charge in [-0.3, -0.25) is 4.79 Å². The number of nitrogens with zero attached hydrogens (tertiary/aromatic N) is 2. The van der Waals surface area contributed by atoms with Gasteiger partial charge in [0, 0.05) is 11.3 Å². The lowest BCUT2D eigenvalue weighted by molar-refractivity contribution is -0.111. The van der Waals surface area contributed by atoms with Crippen LogP contribution in [0.15, 0.2) is 17.3 Å². The minimum Gasteiger partial charge on any atom is -0.455 e. The Balaban J connectivity index is 2.64. The highest BCUT2D eigenvalue weighted by molar-refractivity contribution is 6.87. The maximum Gasteiger partial charge on any atom is 0.278 e. The van der Waals surface area contributed by atoms with Gasteiger partial charge < -0.3 is 9.09 Å². The molecule has 1 aromatic carbocycles. The Bertz CT molecular complexity index is 655. The number of rotatable bonds is 3. The number of hydrogen-bond donors (Lipinski definition) is 0. The number of anilines is 1. The number of aryl methyl sites for hydroxylation is 2. The molecule has 0 aliphatic carbocycles. The molecule has 0 fully saturated rings. The molecule has 22 heavy (non-hydrogen) atoms. The average Bonchev–Trinajstić information content (AvgIpc) is 2.57. The third kappa shape index (κ3) is 3.17. The Morgan fingerprint density at radius 2 is 1.64 bits per heavy atom. The molecule has 0 N–H and O–H groups in total. The van der Waals surface area contributed by atoms with Crippen LogP contribution in [0.25, 0.3) is 0 Å². The normalized spacial score (nSPS) is 17.2. The number of benzene rings is 1. The van der Waals surface area contributed by atoms with Crippen molar-refractivity contribution in [2.45, 2.75) is 53.1 Å². The Morgan fingerprint density at radius 1 is 1.05 bits per heavy atom. The molecule has 1 heterocycles. The van der Waals surface area contributed by atoms with E-state index < -0.39 is 16.6 Å². The van der Waals surface area contributed by atoms with E-state index in [-0.39, 0.29) is 5.91 Å². The molecule has 0 saturated carbocycles. The quantitative estimate of drug-likeness (QED) is 0.618. The van der Waals surface area contributed by atoms with Crippen molar-refractivity contribution in [2.75, 3.05) is 4.57 Å². The van der Waals surface area contributed by atoms with Crippen molar-refractivity contribution < 1.29 is 9.32 Å². The summed E-state index contributed by atoms with van der Waals surface area (Å²) in [7, 11) is -3.66. The highest BCUT2D eigenvalue weighted by Gasteiger charge is 2.42. The van der Waals surface area contributed by atoms with Gasteiger partial charge in [-0.05, 0) is 45.1 Å². The molecule has 0 unspecified atom stereocenters. The molecule has 1 aliphatic rings. The number of carbonyl (C=O) groups excluding carboxylic acids is 1. The fourth-order valence-electron chi connectivity index (χ4n) is 2.67. The first-order valence-electron chi connectivity index (χ1n) is 7.64. The molecule has 1 aromatic rings. The number of carbonyl (C=O) groups is 1.